The molecule has 0 aromatic rings. The van der Waals surface area contributed by atoms with Crippen LogP contribution in [0.5, 0.6) is 0 Å². The van der Waals surface area contributed by atoms with Crippen molar-refractivity contribution in [1.29, 1.82) is 0 Å². The molecule has 0 aliphatic carbocycles. The molecule has 0 fully saturated rings. The Morgan fingerprint density at radius 2 is 0.681 bits per heavy atom. The van der Waals surface area contributed by atoms with Crippen LogP contribution in [-0.4, -0.2) is 99.1 Å². The third kappa shape index (κ3) is 38.0. The number of esters is 3. The topological polar surface area (TPSA) is 200 Å². The van der Waals surface area contributed by atoms with Crippen molar-refractivity contribution in [3.8, 4) is 0 Å². The summed E-state index contributed by atoms with van der Waals surface area (Å²) in [5, 5.41) is 62.5. The first-order chi connectivity index (χ1) is 35.0. The van der Waals surface area contributed by atoms with E-state index in [0.717, 1.165) is 148 Å². The first-order valence-electron chi connectivity index (χ1n) is 29.4. The summed E-state index contributed by atoms with van der Waals surface area (Å²) in [5.74, 6) is -4.62. The summed E-state index contributed by atoms with van der Waals surface area (Å²) in [5.41, 5.74) is -2.07. The van der Waals surface area contributed by atoms with Crippen molar-refractivity contribution in [3.63, 3.8) is 0 Å². The molecule has 0 aromatic heterocycles. The number of allylic oxidation sites excluding steroid dienone is 3. The van der Waals surface area contributed by atoms with Gasteiger partial charge in [0.25, 0.3) is 0 Å². The van der Waals surface area contributed by atoms with E-state index in [2.05, 4.69) is 57.2 Å². The van der Waals surface area contributed by atoms with Gasteiger partial charge >= 0.3 is 23.7 Å². The van der Waals surface area contributed by atoms with Crippen LogP contribution in [0.2, 0.25) is 0 Å². The molecule has 3 atom stereocenters. The second kappa shape index (κ2) is 49.3. The van der Waals surface area contributed by atoms with Gasteiger partial charge in [0.2, 0.25) is 0 Å². The van der Waals surface area contributed by atoms with E-state index in [9.17, 15) is 45.0 Å². The van der Waals surface area contributed by atoms with Crippen molar-refractivity contribution in [2.24, 2.45) is 5.41 Å². The lowest BCUT2D eigenvalue weighted by molar-refractivity contribution is -0.306. The summed E-state index contributed by atoms with van der Waals surface area (Å²) < 4.78 is 17.4. The predicted molar refractivity (Wildman–Crippen MR) is 292 cm³/mol. The number of hydrogen-bond donors (Lipinski definition) is 6. The summed E-state index contributed by atoms with van der Waals surface area (Å²) in [4.78, 5) is 40.2. The largest absolute Gasteiger partial charge is 0.457 e. The predicted octanol–water partition coefficient (Wildman–Crippen LogP) is 13.3. The van der Waals surface area contributed by atoms with Crippen LogP contribution in [0.4, 0.5) is 0 Å². The molecule has 0 heterocycles. The van der Waals surface area contributed by atoms with Crippen LogP contribution in [0.25, 0.3) is 0 Å². The molecule has 72 heavy (non-hydrogen) atoms. The maximum absolute atomic E-state index is 13.5. The fraction of sp³-hybridized carbons (Fsp3) is 0.850. The molecule has 0 aromatic carbocycles. The number of aliphatic hydroxyl groups excluding tert-OH is 6. The monoisotopic (exact) mass is 1020 g/mol. The molecular weight excluding hydrogens is 913 g/mol. The zero-order valence-corrected chi connectivity index (χ0v) is 46.2. The third-order valence-corrected chi connectivity index (χ3v) is 13.8. The molecular formula is C60H110O12. The molecule has 0 saturated heterocycles. The average Bonchev–Trinajstić information content (AvgIpc) is 3.37. The van der Waals surface area contributed by atoms with Gasteiger partial charge in [-0.3, -0.25) is 14.4 Å². The summed E-state index contributed by atoms with van der Waals surface area (Å²) in [6, 6.07) is 0. The molecule has 0 saturated carbocycles. The quantitative estimate of drug-likeness (QED) is 0.0146. The zero-order chi connectivity index (χ0) is 53.2. The molecule has 0 radical (unpaired) electrons. The van der Waals surface area contributed by atoms with E-state index in [0.29, 0.717) is 38.5 Å². The van der Waals surface area contributed by atoms with E-state index in [4.69, 9.17) is 14.2 Å². The molecule has 6 N–H and O–H groups in total. The maximum atomic E-state index is 13.5. The molecule has 0 spiro atoms. The van der Waals surface area contributed by atoms with E-state index in [1.54, 1.807) is 0 Å². The van der Waals surface area contributed by atoms with Crippen LogP contribution < -0.4 is 0 Å². The highest BCUT2D eigenvalue weighted by Crippen LogP contribution is 2.38. The smallest absolute Gasteiger partial charge is 0.309 e. The van der Waals surface area contributed by atoms with Crippen molar-refractivity contribution < 1.29 is 59.2 Å². The number of rotatable bonds is 53. The number of unbranched alkanes of at least 4 members (excludes halogenated alkanes) is 24. The molecule has 0 bridgehead atoms. The van der Waals surface area contributed by atoms with Crippen molar-refractivity contribution in [3.05, 3.63) is 36.5 Å². The van der Waals surface area contributed by atoms with Gasteiger partial charge in [-0.05, 0) is 96.3 Å². The summed E-state index contributed by atoms with van der Waals surface area (Å²) in [6.45, 7) is 2.97. The van der Waals surface area contributed by atoms with E-state index < -0.39 is 55.5 Å². The zero-order valence-electron chi connectivity index (χ0n) is 46.2. The Morgan fingerprint density at radius 1 is 0.389 bits per heavy atom. The Bertz CT molecular complexity index is 1280. The first-order valence-corrected chi connectivity index (χ1v) is 29.4. The van der Waals surface area contributed by atoms with E-state index in [1.807, 2.05) is 0 Å². The maximum Gasteiger partial charge on any atom is 0.309 e. The SMILES string of the molecule is CCCCCCC(O)C/C=C\CCCCCCCC(=O)OCC(OC(=O)CCCCCCC/C=C\CC(O)CCCCCC)(OC(=O)CCCCCCC/C=C\CC(O)CCCCCC)C(CO)(CO)CO. The highest BCUT2D eigenvalue weighted by Gasteiger charge is 2.59. The number of carbonyl (C=O) groups is 3. The number of aliphatic hydroxyl groups is 6. The van der Waals surface area contributed by atoms with E-state index >= 15 is 0 Å². The highest BCUT2D eigenvalue weighted by atomic mass is 16.8. The van der Waals surface area contributed by atoms with Crippen molar-refractivity contribution in [2.75, 3.05) is 26.4 Å². The second-order valence-corrected chi connectivity index (χ2v) is 20.7. The Morgan fingerprint density at radius 3 is 1.00 bits per heavy atom. The molecule has 3 unspecified atom stereocenters. The standard InChI is InChI=1S/C60H110O12/c1-4-7-10-31-40-53(64)43-34-25-19-13-16-22-28-37-46-56(67)70-52-60(59(49-61,50-62)51-63,71-57(68)47-38-29-23-17-14-20-26-35-44-54(65)41-32-11-8-5-2)72-58(69)48-39-30-24-18-15-21-27-36-45-55(66)42-33-12-9-6-3/h25-27,34-36,53-55,61-66H,4-24,28-33,37-52H2,1-3H3/b34-25-,35-26-,36-27-. The number of ether oxygens (including phenoxy) is 3. The van der Waals surface area contributed by atoms with Crippen LogP contribution >= 0.6 is 0 Å². The first kappa shape index (κ1) is 69.4. The van der Waals surface area contributed by atoms with Crippen LogP contribution in [-0.2, 0) is 28.6 Å². The molecule has 0 aliphatic rings. The average molecular weight is 1020 g/mol. The van der Waals surface area contributed by atoms with Crippen molar-refractivity contribution in [1.82, 2.24) is 0 Å². The Labute approximate surface area is 439 Å². The summed E-state index contributed by atoms with van der Waals surface area (Å²) >= 11 is 0. The van der Waals surface area contributed by atoms with Crippen molar-refractivity contribution in [2.45, 2.75) is 295 Å². The van der Waals surface area contributed by atoms with Crippen molar-refractivity contribution >= 4 is 17.9 Å². The fourth-order valence-corrected chi connectivity index (χ4v) is 8.75. The molecule has 12 nitrogen and oxygen atoms in total. The summed E-state index contributed by atoms with van der Waals surface area (Å²) in [6.07, 6.45) is 45.1. The summed E-state index contributed by atoms with van der Waals surface area (Å²) in [7, 11) is 0. The lowest BCUT2D eigenvalue weighted by Gasteiger charge is -2.44. The van der Waals surface area contributed by atoms with Gasteiger partial charge in [-0.2, -0.15) is 0 Å². The third-order valence-electron chi connectivity index (χ3n) is 13.8. The van der Waals surface area contributed by atoms with Crippen LogP contribution in [0.1, 0.15) is 271 Å². The Balaban J connectivity index is 5.34. The molecule has 0 aliphatic heterocycles. The van der Waals surface area contributed by atoms with Gasteiger partial charge in [0.15, 0.2) is 6.61 Å². The second-order valence-electron chi connectivity index (χ2n) is 20.7. The van der Waals surface area contributed by atoms with E-state index in [-0.39, 0.29) is 37.6 Å². The van der Waals surface area contributed by atoms with Crippen LogP contribution in [0.3, 0.4) is 0 Å². The molecule has 12 heteroatoms. The van der Waals surface area contributed by atoms with Gasteiger partial charge in [-0.15, -0.1) is 0 Å². The molecule has 0 rings (SSSR count). The van der Waals surface area contributed by atoms with Gasteiger partial charge in [-0.25, -0.2) is 0 Å². The van der Waals surface area contributed by atoms with Gasteiger partial charge in [0.05, 0.1) is 38.1 Å². The number of carbonyl (C=O) groups excluding carboxylic acids is 3. The van der Waals surface area contributed by atoms with Crippen LogP contribution in [0.15, 0.2) is 36.5 Å². The lowest BCUT2D eigenvalue weighted by Crippen LogP contribution is -2.63. The minimum absolute atomic E-state index is 0.0483. The minimum atomic E-state index is -2.47. The fourth-order valence-electron chi connectivity index (χ4n) is 8.75. The molecule has 0 amide bonds. The molecule has 422 valence electrons. The van der Waals surface area contributed by atoms with Crippen LogP contribution in [0, 0.1) is 5.41 Å². The minimum Gasteiger partial charge on any atom is -0.457 e. The number of hydrogen-bond acceptors (Lipinski definition) is 12. The Hall–Kier alpha value is -2.61. The normalized spacial score (nSPS) is 14.3. The van der Waals surface area contributed by atoms with E-state index in [1.165, 1.54) is 44.9 Å². The highest BCUT2D eigenvalue weighted by molar-refractivity contribution is 5.73. The lowest BCUT2D eigenvalue weighted by atomic mass is 9.81. The van der Waals surface area contributed by atoms with Gasteiger partial charge in [0.1, 0.15) is 5.41 Å². The van der Waals surface area contributed by atoms with Gasteiger partial charge in [0, 0.05) is 19.3 Å². The Kier molecular flexibility index (Phi) is 47.5. The van der Waals surface area contributed by atoms with Gasteiger partial charge < -0.3 is 44.8 Å². The van der Waals surface area contributed by atoms with Gasteiger partial charge in [-0.1, -0.05) is 192 Å².